The standard InChI is InChI=1S/C18H18N6OS/c25-17(13-26-18-19-8-4-9-20-18)23-10-7-15(11-23)24-12-16(21-22-24)14-5-2-1-3-6-14/h1-6,8-9,12,15H,7,10-11,13H2. The molecular formula is C18H18N6OS. The van der Waals surface area contributed by atoms with Crippen molar-refractivity contribution < 1.29 is 4.79 Å². The molecule has 0 saturated carbocycles. The Hall–Kier alpha value is -2.74. The van der Waals surface area contributed by atoms with Crippen molar-refractivity contribution in [1.29, 1.82) is 0 Å². The first-order valence-corrected chi connectivity index (χ1v) is 9.43. The van der Waals surface area contributed by atoms with Gasteiger partial charge in [-0.1, -0.05) is 47.3 Å². The van der Waals surface area contributed by atoms with Crippen molar-refractivity contribution in [3.05, 3.63) is 55.0 Å². The van der Waals surface area contributed by atoms with Gasteiger partial charge in [-0.05, 0) is 12.5 Å². The van der Waals surface area contributed by atoms with Crippen molar-refractivity contribution in [3.8, 4) is 11.3 Å². The first-order valence-electron chi connectivity index (χ1n) is 8.44. The molecule has 1 unspecified atom stereocenters. The molecule has 8 heteroatoms. The van der Waals surface area contributed by atoms with Crippen molar-refractivity contribution >= 4 is 17.7 Å². The maximum absolute atomic E-state index is 12.4. The second-order valence-electron chi connectivity index (χ2n) is 6.05. The first-order chi connectivity index (χ1) is 12.8. The molecule has 1 atom stereocenters. The van der Waals surface area contributed by atoms with Crippen LogP contribution in [0.2, 0.25) is 0 Å². The summed E-state index contributed by atoms with van der Waals surface area (Å²) in [6.45, 7) is 1.40. The molecule has 3 aromatic rings. The average molecular weight is 366 g/mol. The molecule has 7 nitrogen and oxygen atoms in total. The largest absolute Gasteiger partial charge is 0.340 e. The van der Waals surface area contributed by atoms with Crippen LogP contribution >= 0.6 is 11.8 Å². The maximum atomic E-state index is 12.4. The number of aromatic nitrogens is 5. The van der Waals surface area contributed by atoms with E-state index in [0.717, 1.165) is 24.2 Å². The van der Waals surface area contributed by atoms with E-state index in [9.17, 15) is 4.79 Å². The van der Waals surface area contributed by atoms with Gasteiger partial charge in [0.05, 0.1) is 18.0 Å². The molecule has 1 aliphatic heterocycles. The van der Waals surface area contributed by atoms with Crippen LogP contribution in [0, 0.1) is 0 Å². The lowest BCUT2D eigenvalue weighted by atomic mass is 10.2. The minimum Gasteiger partial charge on any atom is -0.340 e. The lowest BCUT2D eigenvalue weighted by Gasteiger charge is -2.16. The van der Waals surface area contributed by atoms with Gasteiger partial charge in [0.1, 0.15) is 5.69 Å². The van der Waals surface area contributed by atoms with Gasteiger partial charge in [0.15, 0.2) is 5.16 Å². The van der Waals surface area contributed by atoms with E-state index in [1.807, 2.05) is 46.1 Å². The van der Waals surface area contributed by atoms with Crippen molar-refractivity contribution in [2.75, 3.05) is 18.8 Å². The monoisotopic (exact) mass is 366 g/mol. The zero-order chi connectivity index (χ0) is 17.8. The number of carbonyl (C=O) groups is 1. The summed E-state index contributed by atoms with van der Waals surface area (Å²) in [5.41, 5.74) is 1.90. The van der Waals surface area contributed by atoms with Crippen LogP contribution in [0.3, 0.4) is 0 Å². The molecule has 4 rings (SSSR count). The number of amides is 1. The minimum atomic E-state index is 0.105. The van der Waals surface area contributed by atoms with E-state index in [-0.39, 0.29) is 11.9 Å². The Labute approximate surface area is 155 Å². The predicted octanol–water partition coefficient (Wildman–Crippen LogP) is 2.30. The molecule has 26 heavy (non-hydrogen) atoms. The minimum absolute atomic E-state index is 0.105. The average Bonchev–Trinajstić information content (AvgIpc) is 3.37. The van der Waals surface area contributed by atoms with Crippen LogP contribution in [0.25, 0.3) is 11.3 Å². The highest BCUT2D eigenvalue weighted by molar-refractivity contribution is 7.99. The van der Waals surface area contributed by atoms with Crippen LogP contribution in [0.15, 0.2) is 60.1 Å². The molecule has 0 spiro atoms. The molecule has 0 aliphatic carbocycles. The highest BCUT2D eigenvalue weighted by Crippen LogP contribution is 2.24. The highest BCUT2D eigenvalue weighted by Gasteiger charge is 2.28. The van der Waals surface area contributed by atoms with Gasteiger partial charge >= 0.3 is 0 Å². The molecular weight excluding hydrogens is 348 g/mol. The van der Waals surface area contributed by atoms with Gasteiger partial charge < -0.3 is 4.90 Å². The Balaban J connectivity index is 1.35. The fourth-order valence-electron chi connectivity index (χ4n) is 2.96. The fraction of sp³-hybridized carbons (Fsp3) is 0.278. The van der Waals surface area contributed by atoms with Crippen LogP contribution in [-0.4, -0.2) is 54.6 Å². The number of carbonyl (C=O) groups excluding carboxylic acids is 1. The van der Waals surface area contributed by atoms with Crippen molar-refractivity contribution in [3.63, 3.8) is 0 Å². The van der Waals surface area contributed by atoms with E-state index in [1.54, 1.807) is 18.5 Å². The van der Waals surface area contributed by atoms with Crippen LogP contribution in [0.4, 0.5) is 0 Å². The molecule has 0 bridgehead atoms. The van der Waals surface area contributed by atoms with Gasteiger partial charge in [-0.3, -0.25) is 4.79 Å². The molecule has 2 aromatic heterocycles. The highest BCUT2D eigenvalue weighted by atomic mass is 32.2. The third-order valence-electron chi connectivity index (χ3n) is 4.34. The van der Waals surface area contributed by atoms with Crippen LogP contribution in [0.1, 0.15) is 12.5 Å². The lowest BCUT2D eigenvalue weighted by Crippen LogP contribution is -2.30. The summed E-state index contributed by atoms with van der Waals surface area (Å²) in [6.07, 6.45) is 6.21. The first kappa shape index (κ1) is 16.7. The molecule has 132 valence electrons. The summed E-state index contributed by atoms with van der Waals surface area (Å²) in [4.78, 5) is 22.6. The van der Waals surface area contributed by atoms with Gasteiger partial charge in [0.25, 0.3) is 0 Å². The molecule has 0 N–H and O–H groups in total. The lowest BCUT2D eigenvalue weighted by molar-refractivity contribution is -0.127. The molecule has 1 aliphatic rings. The number of hydrogen-bond donors (Lipinski definition) is 0. The normalized spacial score (nSPS) is 16.8. The summed E-state index contributed by atoms with van der Waals surface area (Å²) >= 11 is 1.37. The summed E-state index contributed by atoms with van der Waals surface area (Å²) in [6, 6.07) is 11.9. The third kappa shape index (κ3) is 3.75. The Morgan fingerprint density at radius 2 is 1.96 bits per heavy atom. The van der Waals surface area contributed by atoms with Crippen LogP contribution in [0.5, 0.6) is 0 Å². The smallest absolute Gasteiger partial charge is 0.233 e. The van der Waals surface area contributed by atoms with Gasteiger partial charge in [-0.2, -0.15) is 0 Å². The Kier molecular flexibility index (Phi) is 4.92. The maximum Gasteiger partial charge on any atom is 0.233 e. The molecule has 0 radical (unpaired) electrons. The molecule has 1 amide bonds. The van der Waals surface area contributed by atoms with E-state index < -0.39 is 0 Å². The van der Waals surface area contributed by atoms with Gasteiger partial charge in [-0.25, -0.2) is 14.6 Å². The SMILES string of the molecule is O=C(CSc1ncccn1)N1CCC(n2cc(-c3ccccc3)nn2)C1. The Morgan fingerprint density at radius 1 is 1.15 bits per heavy atom. The number of rotatable bonds is 5. The molecule has 3 heterocycles. The topological polar surface area (TPSA) is 76.8 Å². The summed E-state index contributed by atoms with van der Waals surface area (Å²) < 4.78 is 1.88. The second-order valence-corrected chi connectivity index (χ2v) is 6.99. The van der Waals surface area contributed by atoms with E-state index in [4.69, 9.17) is 0 Å². The van der Waals surface area contributed by atoms with Crippen molar-refractivity contribution in [2.24, 2.45) is 0 Å². The fourth-order valence-corrected chi connectivity index (χ4v) is 3.66. The number of likely N-dealkylation sites (tertiary alicyclic amines) is 1. The molecule has 1 saturated heterocycles. The van der Waals surface area contributed by atoms with E-state index in [2.05, 4.69) is 20.3 Å². The number of benzene rings is 1. The Morgan fingerprint density at radius 3 is 2.77 bits per heavy atom. The van der Waals surface area contributed by atoms with Crippen LogP contribution < -0.4 is 0 Å². The molecule has 1 aromatic carbocycles. The summed E-state index contributed by atoms with van der Waals surface area (Å²) in [7, 11) is 0. The zero-order valence-corrected chi connectivity index (χ0v) is 14.9. The van der Waals surface area contributed by atoms with E-state index in [1.165, 1.54) is 11.8 Å². The summed E-state index contributed by atoms with van der Waals surface area (Å²) in [5, 5.41) is 9.16. The van der Waals surface area contributed by atoms with Gasteiger partial charge in [-0.15, -0.1) is 5.10 Å². The van der Waals surface area contributed by atoms with Gasteiger partial charge in [0, 0.05) is 31.0 Å². The summed E-state index contributed by atoms with van der Waals surface area (Å²) in [5.74, 6) is 0.456. The Bertz CT molecular complexity index is 870. The van der Waals surface area contributed by atoms with Crippen molar-refractivity contribution in [2.45, 2.75) is 17.6 Å². The zero-order valence-electron chi connectivity index (χ0n) is 14.1. The van der Waals surface area contributed by atoms with Crippen molar-refractivity contribution in [1.82, 2.24) is 29.9 Å². The van der Waals surface area contributed by atoms with E-state index >= 15 is 0 Å². The predicted molar refractivity (Wildman–Crippen MR) is 98.4 cm³/mol. The van der Waals surface area contributed by atoms with Crippen LogP contribution in [-0.2, 0) is 4.79 Å². The second kappa shape index (κ2) is 7.65. The van der Waals surface area contributed by atoms with E-state index in [0.29, 0.717) is 17.5 Å². The third-order valence-corrected chi connectivity index (χ3v) is 5.20. The van der Waals surface area contributed by atoms with Gasteiger partial charge in [0.2, 0.25) is 5.91 Å². The quantitative estimate of drug-likeness (QED) is 0.509. The number of thioether (sulfide) groups is 1. The number of hydrogen-bond acceptors (Lipinski definition) is 6. The number of nitrogens with zero attached hydrogens (tertiary/aromatic N) is 6. The molecule has 1 fully saturated rings.